The van der Waals surface area contributed by atoms with Crippen LogP contribution in [0.15, 0.2) is 30.3 Å². The molecule has 6 nitrogen and oxygen atoms in total. The number of halogens is 1. The van der Waals surface area contributed by atoms with Crippen LogP contribution in [0.3, 0.4) is 0 Å². The first-order chi connectivity index (χ1) is 11.9. The van der Waals surface area contributed by atoms with Gasteiger partial charge in [0, 0.05) is 25.2 Å². The van der Waals surface area contributed by atoms with E-state index in [1.807, 2.05) is 19.9 Å². The number of aryl methyl sites for hydroxylation is 2. The first kappa shape index (κ1) is 17.1. The first-order valence-corrected chi connectivity index (χ1v) is 8.23. The Morgan fingerprint density at radius 1 is 1.36 bits per heavy atom. The molecule has 0 saturated carbocycles. The van der Waals surface area contributed by atoms with Gasteiger partial charge in [0.1, 0.15) is 12.4 Å². The van der Waals surface area contributed by atoms with E-state index in [4.69, 9.17) is 0 Å². The SMILES string of the molecule is Cc1cc(C)n(CC(=O)N[C@@H]2CC(=O)N(Cc3cccc(F)c3)C2)n1. The molecule has 1 atom stereocenters. The van der Waals surface area contributed by atoms with Gasteiger partial charge in [-0.15, -0.1) is 0 Å². The zero-order chi connectivity index (χ0) is 18.0. The van der Waals surface area contributed by atoms with Crippen molar-refractivity contribution in [1.82, 2.24) is 20.0 Å². The Bertz CT molecular complexity index is 802. The van der Waals surface area contributed by atoms with Gasteiger partial charge < -0.3 is 10.2 Å². The van der Waals surface area contributed by atoms with Crippen LogP contribution in [0, 0.1) is 19.7 Å². The molecule has 1 N–H and O–H groups in total. The lowest BCUT2D eigenvalue weighted by molar-refractivity contribution is -0.128. The fourth-order valence-electron chi connectivity index (χ4n) is 3.12. The van der Waals surface area contributed by atoms with Crippen molar-refractivity contribution in [3.8, 4) is 0 Å². The lowest BCUT2D eigenvalue weighted by atomic mass is 10.2. The second-order valence-electron chi connectivity index (χ2n) is 6.46. The van der Waals surface area contributed by atoms with Crippen molar-refractivity contribution >= 4 is 11.8 Å². The molecule has 1 aromatic heterocycles. The topological polar surface area (TPSA) is 67.2 Å². The summed E-state index contributed by atoms with van der Waals surface area (Å²) in [6.45, 7) is 4.68. The number of aromatic nitrogens is 2. The second-order valence-corrected chi connectivity index (χ2v) is 6.46. The molecule has 25 heavy (non-hydrogen) atoms. The second kappa shape index (κ2) is 7.04. The summed E-state index contributed by atoms with van der Waals surface area (Å²) in [5, 5.41) is 7.15. The Balaban J connectivity index is 1.55. The summed E-state index contributed by atoms with van der Waals surface area (Å²) in [5.74, 6) is -0.531. The number of rotatable bonds is 5. The summed E-state index contributed by atoms with van der Waals surface area (Å²) < 4.78 is 14.9. The minimum atomic E-state index is -0.320. The van der Waals surface area contributed by atoms with Gasteiger partial charge in [-0.05, 0) is 37.6 Å². The zero-order valence-corrected chi connectivity index (χ0v) is 14.3. The standard InChI is InChI=1S/C18H21FN4O2/c1-12-6-13(2)23(21-12)11-17(24)20-16-8-18(25)22(10-16)9-14-4-3-5-15(19)7-14/h3-7,16H,8-11H2,1-2H3,(H,20,24)/t16-/m1/s1. The summed E-state index contributed by atoms with van der Waals surface area (Å²) in [7, 11) is 0. The van der Waals surface area contributed by atoms with Crippen molar-refractivity contribution in [1.29, 1.82) is 0 Å². The highest BCUT2D eigenvalue weighted by Gasteiger charge is 2.30. The van der Waals surface area contributed by atoms with Crippen molar-refractivity contribution in [3.05, 3.63) is 53.1 Å². The summed E-state index contributed by atoms with van der Waals surface area (Å²) >= 11 is 0. The van der Waals surface area contributed by atoms with E-state index in [-0.39, 0.29) is 36.6 Å². The number of likely N-dealkylation sites (tertiary alicyclic amines) is 1. The quantitative estimate of drug-likeness (QED) is 0.895. The van der Waals surface area contributed by atoms with E-state index in [9.17, 15) is 14.0 Å². The van der Waals surface area contributed by atoms with Crippen LogP contribution in [0.2, 0.25) is 0 Å². The van der Waals surface area contributed by atoms with E-state index in [0.29, 0.717) is 13.1 Å². The maximum Gasteiger partial charge on any atom is 0.242 e. The Hall–Kier alpha value is -2.70. The number of nitrogens with zero attached hydrogens (tertiary/aromatic N) is 3. The van der Waals surface area contributed by atoms with Crippen molar-refractivity contribution in [2.75, 3.05) is 6.54 Å². The molecule has 2 amide bonds. The molecule has 0 radical (unpaired) electrons. The third-order valence-electron chi connectivity index (χ3n) is 4.24. The van der Waals surface area contributed by atoms with Crippen LogP contribution in [-0.2, 0) is 22.7 Å². The van der Waals surface area contributed by atoms with Crippen LogP contribution < -0.4 is 5.32 Å². The molecule has 2 heterocycles. The number of hydrogen-bond donors (Lipinski definition) is 1. The van der Waals surface area contributed by atoms with E-state index < -0.39 is 0 Å². The van der Waals surface area contributed by atoms with Gasteiger partial charge in [0.25, 0.3) is 0 Å². The summed E-state index contributed by atoms with van der Waals surface area (Å²) in [5.41, 5.74) is 2.52. The Morgan fingerprint density at radius 3 is 2.84 bits per heavy atom. The Labute approximate surface area is 145 Å². The molecule has 0 bridgehead atoms. The van der Waals surface area contributed by atoms with Crippen LogP contribution in [0.4, 0.5) is 4.39 Å². The highest BCUT2D eigenvalue weighted by Crippen LogP contribution is 2.16. The maximum absolute atomic E-state index is 13.3. The molecular weight excluding hydrogens is 323 g/mol. The Morgan fingerprint density at radius 2 is 2.16 bits per heavy atom. The van der Waals surface area contributed by atoms with Crippen molar-refractivity contribution in [2.24, 2.45) is 0 Å². The molecule has 1 aliphatic rings. The first-order valence-electron chi connectivity index (χ1n) is 8.23. The van der Waals surface area contributed by atoms with Gasteiger partial charge in [-0.1, -0.05) is 12.1 Å². The van der Waals surface area contributed by atoms with Gasteiger partial charge in [0.15, 0.2) is 0 Å². The number of carbonyl (C=O) groups excluding carboxylic acids is 2. The van der Waals surface area contributed by atoms with Crippen LogP contribution >= 0.6 is 0 Å². The zero-order valence-electron chi connectivity index (χ0n) is 14.3. The van der Waals surface area contributed by atoms with Gasteiger partial charge in [-0.25, -0.2) is 4.39 Å². The average Bonchev–Trinajstić information content (AvgIpc) is 3.01. The predicted molar refractivity (Wildman–Crippen MR) is 90.1 cm³/mol. The molecule has 3 rings (SSSR count). The highest BCUT2D eigenvalue weighted by molar-refractivity contribution is 5.82. The monoisotopic (exact) mass is 344 g/mol. The fourth-order valence-corrected chi connectivity index (χ4v) is 3.12. The van der Waals surface area contributed by atoms with Gasteiger partial charge in [0.05, 0.1) is 11.7 Å². The molecule has 0 aliphatic carbocycles. The molecule has 0 spiro atoms. The van der Waals surface area contributed by atoms with Gasteiger partial charge in [-0.3, -0.25) is 14.3 Å². The third-order valence-corrected chi connectivity index (χ3v) is 4.24. The minimum absolute atomic E-state index is 0.0410. The van der Waals surface area contributed by atoms with Crippen LogP contribution in [0.25, 0.3) is 0 Å². The van der Waals surface area contributed by atoms with E-state index >= 15 is 0 Å². The summed E-state index contributed by atoms with van der Waals surface area (Å²) in [6, 6.07) is 7.88. The summed E-state index contributed by atoms with van der Waals surface area (Å²) in [4.78, 5) is 26.0. The molecule has 1 aliphatic heterocycles. The molecule has 7 heteroatoms. The number of benzene rings is 1. The Kier molecular flexibility index (Phi) is 4.83. The maximum atomic E-state index is 13.3. The molecular formula is C18H21FN4O2. The predicted octanol–water partition coefficient (Wildman–Crippen LogP) is 1.56. The molecule has 1 saturated heterocycles. The number of hydrogen-bond acceptors (Lipinski definition) is 3. The fraction of sp³-hybridized carbons (Fsp3) is 0.389. The van der Waals surface area contributed by atoms with Gasteiger partial charge in [0.2, 0.25) is 11.8 Å². The van der Waals surface area contributed by atoms with E-state index in [1.165, 1.54) is 12.1 Å². The van der Waals surface area contributed by atoms with Crippen molar-refractivity contribution in [2.45, 2.75) is 39.4 Å². The normalized spacial score (nSPS) is 17.2. The molecule has 132 valence electrons. The van der Waals surface area contributed by atoms with E-state index in [0.717, 1.165) is 17.0 Å². The van der Waals surface area contributed by atoms with E-state index in [2.05, 4.69) is 10.4 Å². The minimum Gasteiger partial charge on any atom is -0.349 e. The van der Waals surface area contributed by atoms with Gasteiger partial charge in [-0.2, -0.15) is 5.10 Å². The largest absolute Gasteiger partial charge is 0.349 e. The lowest BCUT2D eigenvalue weighted by Crippen LogP contribution is -2.39. The highest BCUT2D eigenvalue weighted by atomic mass is 19.1. The van der Waals surface area contributed by atoms with Gasteiger partial charge >= 0.3 is 0 Å². The van der Waals surface area contributed by atoms with Crippen molar-refractivity contribution < 1.29 is 14.0 Å². The van der Waals surface area contributed by atoms with Crippen molar-refractivity contribution in [3.63, 3.8) is 0 Å². The average molecular weight is 344 g/mol. The molecule has 1 fully saturated rings. The number of nitrogens with one attached hydrogen (secondary N) is 1. The number of amides is 2. The van der Waals surface area contributed by atoms with Crippen LogP contribution in [-0.4, -0.2) is 39.1 Å². The molecule has 1 aromatic carbocycles. The molecule has 2 aromatic rings. The lowest BCUT2D eigenvalue weighted by Gasteiger charge is -2.17. The van der Waals surface area contributed by atoms with Crippen LogP contribution in [0.1, 0.15) is 23.4 Å². The summed E-state index contributed by atoms with van der Waals surface area (Å²) in [6.07, 6.45) is 0.262. The van der Waals surface area contributed by atoms with E-state index in [1.54, 1.807) is 21.7 Å². The van der Waals surface area contributed by atoms with Crippen LogP contribution in [0.5, 0.6) is 0 Å². The molecule has 0 unspecified atom stereocenters. The smallest absolute Gasteiger partial charge is 0.242 e. The number of carbonyl (C=O) groups is 2. The third kappa shape index (κ3) is 4.23.